The second-order valence-corrected chi connectivity index (χ2v) is 6.32. The predicted molar refractivity (Wildman–Crippen MR) is 86.2 cm³/mol. The largest absolute Gasteiger partial charge is 0.395 e. The van der Waals surface area contributed by atoms with E-state index in [-0.39, 0.29) is 17.9 Å². The van der Waals surface area contributed by atoms with Crippen LogP contribution in [-0.4, -0.2) is 24.2 Å². The van der Waals surface area contributed by atoms with Crippen LogP contribution < -0.4 is 5.32 Å². The Kier molecular flexibility index (Phi) is 6.45. The second kappa shape index (κ2) is 7.85. The van der Waals surface area contributed by atoms with Crippen molar-refractivity contribution in [1.82, 2.24) is 5.32 Å². The predicted octanol–water partition coefficient (Wildman–Crippen LogP) is 2.89. The van der Waals surface area contributed by atoms with Crippen molar-refractivity contribution in [2.75, 3.05) is 13.2 Å². The molecule has 0 atom stereocenters. The van der Waals surface area contributed by atoms with E-state index in [9.17, 15) is 4.79 Å². The summed E-state index contributed by atoms with van der Waals surface area (Å²) in [5.74, 6) is 5.84. The zero-order valence-electron chi connectivity index (χ0n) is 13.4. The molecular formula is C18H25NO2. The molecule has 0 radical (unpaired) electrons. The molecule has 1 rings (SSSR count). The molecule has 0 heterocycles. The molecule has 3 heteroatoms. The third-order valence-corrected chi connectivity index (χ3v) is 3.20. The number of aliphatic hydroxyl groups is 1. The molecule has 0 saturated carbocycles. The van der Waals surface area contributed by atoms with Crippen LogP contribution in [-0.2, 0) is 0 Å². The summed E-state index contributed by atoms with van der Waals surface area (Å²) in [7, 11) is 0. The topological polar surface area (TPSA) is 49.3 Å². The van der Waals surface area contributed by atoms with Gasteiger partial charge in [0.15, 0.2) is 0 Å². The highest BCUT2D eigenvalue weighted by Crippen LogP contribution is 2.17. The van der Waals surface area contributed by atoms with Crippen LogP contribution in [0.3, 0.4) is 0 Å². The lowest BCUT2D eigenvalue weighted by Crippen LogP contribution is -2.27. The molecule has 0 aliphatic heterocycles. The van der Waals surface area contributed by atoms with Crippen LogP contribution in [0.1, 0.15) is 55.1 Å². The molecule has 21 heavy (non-hydrogen) atoms. The van der Waals surface area contributed by atoms with E-state index in [1.165, 1.54) is 0 Å². The van der Waals surface area contributed by atoms with Crippen molar-refractivity contribution in [2.24, 2.45) is 5.41 Å². The van der Waals surface area contributed by atoms with E-state index in [0.717, 1.165) is 17.5 Å². The molecule has 0 fully saturated rings. The van der Waals surface area contributed by atoms with Crippen LogP contribution in [0.5, 0.6) is 0 Å². The Hall–Kier alpha value is -1.79. The van der Waals surface area contributed by atoms with Gasteiger partial charge in [-0.3, -0.25) is 4.79 Å². The van der Waals surface area contributed by atoms with Crippen LogP contribution in [0.2, 0.25) is 0 Å². The number of carbonyl (C=O) groups is 1. The SMILES string of the molecule is Cc1c(C#CCCO)cccc1C(=O)NCCC(C)(C)C. The second-order valence-electron chi connectivity index (χ2n) is 6.32. The van der Waals surface area contributed by atoms with Gasteiger partial charge >= 0.3 is 0 Å². The Morgan fingerprint density at radius 3 is 2.67 bits per heavy atom. The first-order chi connectivity index (χ1) is 9.85. The summed E-state index contributed by atoms with van der Waals surface area (Å²) in [6, 6.07) is 5.55. The van der Waals surface area contributed by atoms with Crippen LogP contribution >= 0.6 is 0 Å². The van der Waals surface area contributed by atoms with Crippen molar-refractivity contribution in [3.63, 3.8) is 0 Å². The lowest BCUT2D eigenvalue weighted by molar-refractivity contribution is 0.0949. The Balaban J connectivity index is 2.77. The highest BCUT2D eigenvalue weighted by Gasteiger charge is 2.13. The molecular weight excluding hydrogens is 262 g/mol. The molecule has 0 spiro atoms. The van der Waals surface area contributed by atoms with Gasteiger partial charge in [0, 0.05) is 24.1 Å². The quantitative estimate of drug-likeness (QED) is 0.837. The normalized spacial score (nSPS) is 10.7. The molecule has 1 aromatic rings. The van der Waals surface area contributed by atoms with Crippen LogP contribution in [0, 0.1) is 24.2 Å². The summed E-state index contributed by atoms with van der Waals surface area (Å²) in [5.41, 5.74) is 2.60. The monoisotopic (exact) mass is 287 g/mol. The number of hydrogen-bond acceptors (Lipinski definition) is 2. The van der Waals surface area contributed by atoms with Gasteiger partial charge in [-0.2, -0.15) is 0 Å². The Bertz CT molecular complexity index is 545. The van der Waals surface area contributed by atoms with Crippen molar-refractivity contribution >= 4 is 5.91 Å². The average Bonchev–Trinajstić information content (AvgIpc) is 2.39. The van der Waals surface area contributed by atoms with Gasteiger partial charge in [-0.25, -0.2) is 0 Å². The molecule has 1 amide bonds. The molecule has 0 aliphatic rings. The summed E-state index contributed by atoms with van der Waals surface area (Å²) in [4.78, 5) is 12.2. The lowest BCUT2D eigenvalue weighted by Gasteiger charge is -2.18. The van der Waals surface area contributed by atoms with E-state index < -0.39 is 0 Å². The zero-order valence-corrected chi connectivity index (χ0v) is 13.4. The van der Waals surface area contributed by atoms with Gasteiger partial charge in [0.1, 0.15) is 0 Å². The molecule has 0 saturated heterocycles. The fourth-order valence-corrected chi connectivity index (χ4v) is 1.88. The Morgan fingerprint density at radius 2 is 2.05 bits per heavy atom. The molecule has 114 valence electrons. The molecule has 0 aromatic heterocycles. The van der Waals surface area contributed by atoms with E-state index in [4.69, 9.17) is 5.11 Å². The van der Waals surface area contributed by atoms with E-state index in [1.54, 1.807) is 0 Å². The van der Waals surface area contributed by atoms with E-state index in [1.807, 2.05) is 25.1 Å². The van der Waals surface area contributed by atoms with Crippen molar-refractivity contribution in [3.8, 4) is 11.8 Å². The zero-order chi connectivity index (χ0) is 15.9. The van der Waals surface area contributed by atoms with Gasteiger partial charge in [-0.15, -0.1) is 0 Å². The van der Waals surface area contributed by atoms with Crippen LogP contribution in [0.4, 0.5) is 0 Å². The number of carbonyl (C=O) groups excluding carboxylic acids is 1. The van der Waals surface area contributed by atoms with Crippen molar-refractivity contribution in [1.29, 1.82) is 0 Å². The van der Waals surface area contributed by atoms with Crippen molar-refractivity contribution < 1.29 is 9.90 Å². The Morgan fingerprint density at radius 1 is 1.33 bits per heavy atom. The number of amides is 1. The first kappa shape index (κ1) is 17.3. The fraction of sp³-hybridized carbons (Fsp3) is 0.500. The van der Waals surface area contributed by atoms with Gasteiger partial charge in [-0.1, -0.05) is 38.7 Å². The fourth-order valence-electron chi connectivity index (χ4n) is 1.88. The number of hydrogen-bond donors (Lipinski definition) is 2. The van der Waals surface area contributed by atoms with Crippen LogP contribution in [0.25, 0.3) is 0 Å². The third-order valence-electron chi connectivity index (χ3n) is 3.20. The molecule has 3 nitrogen and oxygen atoms in total. The van der Waals surface area contributed by atoms with E-state index in [2.05, 4.69) is 37.9 Å². The highest BCUT2D eigenvalue weighted by molar-refractivity contribution is 5.96. The maximum Gasteiger partial charge on any atom is 0.251 e. The van der Waals surface area contributed by atoms with E-state index in [0.29, 0.717) is 18.5 Å². The standard InChI is InChI=1S/C18H25NO2/c1-14-15(8-5-6-13-20)9-7-10-16(14)17(21)19-12-11-18(2,3)4/h7,9-10,20H,6,11-13H2,1-4H3,(H,19,21). The van der Waals surface area contributed by atoms with E-state index >= 15 is 0 Å². The minimum absolute atomic E-state index is 0.0532. The average molecular weight is 287 g/mol. The third kappa shape index (κ3) is 6.01. The number of nitrogens with one attached hydrogen (secondary N) is 1. The molecule has 0 unspecified atom stereocenters. The lowest BCUT2D eigenvalue weighted by atomic mass is 9.92. The first-order valence-electron chi connectivity index (χ1n) is 7.33. The van der Waals surface area contributed by atoms with Crippen molar-refractivity contribution in [3.05, 3.63) is 34.9 Å². The maximum atomic E-state index is 12.2. The summed E-state index contributed by atoms with van der Waals surface area (Å²) >= 11 is 0. The number of rotatable bonds is 4. The summed E-state index contributed by atoms with van der Waals surface area (Å²) in [5, 5.41) is 11.7. The minimum Gasteiger partial charge on any atom is -0.395 e. The summed E-state index contributed by atoms with van der Waals surface area (Å²) < 4.78 is 0. The smallest absolute Gasteiger partial charge is 0.251 e. The van der Waals surface area contributed by atoms with Gasteiger partial charge in [0.2, 0.25) is 0 Å². The Labute approximate surface area is 127 Å². The minimum atomic E-state index is -0.0532. The van der Waals surface area contributed by atoms with Gasteiger partial charge < -0.3 is 10.4 Å². The first-order valence-corrected chi connectivity index (χ1v) is 7.33. The summed E-state index contributed by atoms with van der Waals surface area (Å²) in [6.45, 7) is 9.09. The van der Waals surface area contributed by atoms with Crippen molar-refractivity contribution in [2.45, 2.75) is 40.5 Å². The number of aliphatic hydroxyl groups excluding tert-OH is 1. The van der Waals surface area contributed by atoms with Gasteiger partial charge in [-0.05, 0) is 36.5 Å². The number of benzene rings is 1. The van der Waals surface area contributed by atoms with Gasteiger partial charge in [0.05, 0.1) is 6.61 Å². The molecule has 2 N–H and O–H groups in total. The summed E-state index contributed by atoms with van der Waals surface area (Å²) in [6.07, 6.45) is 1.38. The molecule has 1 aromatic carbocycles. The highest BCUT2D eigenvalue weighted by atomic mass is 16.2. The van der Waals surface area contributed by atoms with Gasteiger partial charge in [0.25, 0.3) is 5.91 Å². The van der Waals surface area contributed by atoms with Crippen LogP contribution in [0.15, 0.2) is 18.2 Å². The molecule has 0 aliphatic carbocycles. The molecule has 0 bridgehead atoms. The maximum absolute atomic E-state index is 12.2.